The van der Waals surface area contributed by atoms with Crippen molar-refractivity contribution in [2.24, 2.45) is 5.92 Å². The lowest BCUT2D eigenvalue weighted by atomic mass is 10.0. The molecule has 0 amide bonds. The van der Waals surface area contributed by atoms with Gasteiger partial charge < -0.3 is 9.64 Å². The molecule has 0 bridgehead atoms. The van der Waals surface area contributed by atoms with Crippen molar-refractivity contribution in [1.82, 2.24) is 9.97 Å². The second-order valence-electron chi connectivity index (χ2n) is 4.60. The molecule has 98 valence electrons. The average Bonchev–Trinajstić information content (AvgIpc) is 2.40. The summed E-state index contributed by atoms with van der Waals surface area (Å²) in [4.78, 5) is 10.2. The summed E-state index contributed by atoms with van der Waals surface area (Å²) in [5, 5.41) is 0.703. The van der Waals surface area contributed by atoms with Crippen LogP contribution in [0.25, 0.3) is 0 Å². The van der Waals surface area contributed by atoms with Gasteiger partial charge in [-0.25, -0.2) is 0 Å². The lowest BCUT2D eigenvalue weighted by molar-refractivity contribution is 0.220. The van der Waals surface area contributed by atoms with E-state index in [1.54, 1.807) is 24.8 Å². The quantitative estimate of drug-likeness (QED) is 0.860. The van der Waals surface area contributed by atoms with Crippen LogP contribution < -0.4 is 9.64 Å². The molecule has 0 spiro atoms. The lowest BCUT2D eigenvalue weighted by Crippen LogP contribution is -2.49. The molecule has 0 radical (unpaired) electrons. The summed E-state index contributed by atoms with van der Waals surface area (Å²) in [6, 6.07) is 5.74. The molecule has 0 aromatic carbocycles. The Hall–Kier alpha value is -1.81. The van der Waals surface area contributed by atoms with Crippen molar-refractivity contribution >= 4 is 17.3 Å². The number of nitrogens with zero attached hydrogens (tertiary/aromatic N) is 3. The predicted molar refractivity (Wildman–Crippen MR) is 74.7 cm³/mol. The van der Waals surface area contributed by atoms with Gasteiger partial charge in [-0.15, -0.1) is 0 Å². The van der Waals surface area contributed by atoms with Gasteiger partial charge in [0.15, 0.2) is 0 Å². The van der Waals surface area contributed by atoms with Crippen molar-refractivity contribution < 1.29 is 4.74 Å². The molecule has 4 nitrogen and oxygen atoms in total. The van der Waals surface area contributed by atoms with Crippen LogP contribution in [0.2, 0.25) is 5.02 Å². The molecular formula is C14H14ClN3O. The lowest BCUT2D eigenvalue weighted by Gasteiger charge is -2.41. The highest BCUT2D eigenvalue weighted by Gasteiger charge is 2.28. The zero-order chi connectivity index (χ0) is 13.1. The van der Waals surface area contributed by atoms with Gasteiger partial charge in [0.05, 0.1) is 23.5 Å². The van der Waals surface area contributed by atoms with Gasteiger partial charge in [-0.05, 0) is 18.2 Å². The van der Waals surface area contributed by atoms with E-state index in [-0.39, 0.29) is 0 Å². The van der Waals surface area contributed by atoms with Crippen LogP contribution in [0, 0.1) is 5.92 Å². The van der Waals surface area contributed by atoms with Gasteiger partial charge >= 0.3 is 0 Å². The number of hydrogen-bond acceptors (Lipinski definition) is 4. The van der Waals surface area contributed by atoms with Crippen LogP contribution in [0.15, 0.2) is 43.0 Å². The maximum Gasteiger partial charge on any atom is 0.137 e. The van der Waals surface area contributed by atoms with Crippen LogP contribution in [-0.4, -0.2) is 29.7 Å². The molecule has 0 atom stereocenters. The number of rotatable bonds is 4. The van der Waals surface area contributed by atoms with E-state index >= 15 is 0 Å². The van der Waals surface area contributed by atoms with E-state index in [4.69, 9.17) is 16.3 Å². The minimum absolute atomic E-state index is 0.532. The topological polar surface area (TPSA) is 38.2 Å². The second-order valence-corrected chi connectivity index (χ2v) is 5.01. The Kier molecular flexibility index (Phi) is 3.51. The van der Waals surface area contributed by atoms with Gasteiger partial charge in [-0.1, -0.05) is 11.6 Å². The van der Waals surface area contributed by atoms with Gasteiger partial charge in [-0.2, -0.15) is 0 Å². The molecule has 19 heavy (non-hydrogen) atoms. The Bertz CT molecular complexity index is 543. The maximum atomic E-state index is 6.11. The van der Waals surface area contributed by atoms with Gasteiger partial charge in [0.1, 0.15) is 5.75 Å². The molecule has 2 aromatic heterocycles. The Balaban J connectivity index is 1.50. The van der Waals surface area contributed by atoms with Crippen LogP contribution in [0.5, 0.6) is 5.75 Å². The molecule has 0 aliphatic carbocycles. The van der Waals surface area contributed by atoms with Crippen LogP contribution in [0.1, 0.15) is 0 Å². The molecule has 1 saturated heterocycles. The zero-order valence-corrected chi connectivity index (χ0v) is 11.1. The van der Waals surface area contributed by atoms with E-state index in [1.165, 1.54) is 0 Å². The van der Waals surface area contributed by atoms with E-state index in [0.29, 0.717) is 17.5 Å². The molecule has 5 heteroatoms. The van der Waals surface area contributed by atoms with Crippen molar-refractivity contribution in [3.05, 3.63) is 48.0 Å². The first-order chi connectivity index (χ1) is 9.33. The fourth-order valence-corrected chi connectivity index (χ4v) is 2.38. The molecule has 1 aliphatic heterocycles. The average molecular weight is 276 g/mol. The van der Waals surface area contributed by atoms with Gasteiger partial charge in [0.2, 0.25) is 0 Å². The molecule has 2 aromatic rings. The molecule has 0 unspecified atom stereocenters. The highest BCUT2D eigenvalue weighted by molar-refractivity contribution is 6.33. The van der Waals surface area contributed by atoms with Crippen molar-refractivity contribution in [1.29, 1.82) is 0 Å². The van der Waals surface area contributed by atoms with E-state index in [0.717, 1.165) is 24.5 Å². The minimum atomic E-state index is 0.532. The summed E-state index contributed by atoms with van der Waals surface area (Å²) in [5.74, 6) is 1.35. The Morgan fingerprint density at radius 3 is 2.79 bits per heavy atom. The van der Waals surface area contributed by atoms with Crippen molar-refractivity contribution in [2.75, 3.05) is 24.6 Å². The Labute approximate surface area is 117 Å². The maximum absolute atomic E-state index is 6.11. The number of halogens is 1. The normalized spacial score (nSPS) is 15.1. The van der Waals surface area contributed by atoms with Crippen molar-refractivity contribution in [2.45, 2.75) is 0 Å². The summed E-state index contributed by atoms with van der Waals surface area (Å²) >= 11 is 6.11. The van der Waals surface area contributed by atoms with Crippen LogP contribution in [0.4, 0.5) is 5.69 Å². The minimum Gasteiger partial charge on any atom is -0.492 e. The van der Waals surface area contributed by atoms with E-state index in [9.17, 15) is 0 Å². The van der Waals surface area contributed by atoms with Crippen LogP contribution >= 0.6 is 11.6 Å². The molecule has 3 rings (SSSR count). The number of ether oxygens (including phenoxy) is 1. The first-order valence-corrected chi connectivity index (χ1v) is 6.58. The van der Waals surface area contributed by atoms with Gasteiger partial charge in [-0.3, -0.25) is 9.97 Å². The van der Waals surface area contributed by atoms with Crippen LogP contribution in [-0.2, 0) is 0 Å². The summed E-state index contributed by atoms with van der Waals surface area (Å²) < 4.78 is 5.69. The first-order valence-electron chi connectivity index (χ1n) is 6.20. The monoisotopic (exact) mass is 275 g/mol. The third-order valence-corrected chi connectivity index (χ3v) is 3.46. The van der Waals surface area contributed by atoms with E-state index in [1.807, 2.05) is 18.2 Å². The zero-order valence-electron chi connectivity index (χ0n) is 10.4. The second kappa shape index (κ2) is 5.45. The fourth-order valence-electron chi connectivity index (χ4n) is 2.14. The Morgan fingerprint density at radius 2 is 2.05 bits per heavy atom. The van der Waals surface area contributed by atoms with Crippen molar-refractivity contribution in [3.63, 3.8) is 0 Å². The molecule has 0 saturated carbocycles. The number of anilines is 1. The number of pyridine rings is 2. The van der Waals surface area contributed by atoms with E-state index in [2.05, 4.69) is 14.9 Å². The van der Waals surface area contributed by atoms with Crippen LogP contribution in [0.3, 0.4) is 0 Å². The number of hydrogen-bond donors (Lipinski definition) is 0. The number of aromatic nitrogens is 2. The molecule has 3 heterocycles. The molecule has 0 N–H and O–H groups in total. The van der Waals surface area contributed by atoms with Gasteiger partial charge in [0, 0.05) is 37.6 Å². The highest BCUT2D eigenvalue weighted by atomic mass is 35.5. The van der Waals surface area contributed by atoms with Gasteiger partial charge in [0.25, 0.3) is 0 Å². The third-order valence-electron chi connectivity index (χ3n) is 3.17. The standard InChI is InChI=1S/C14H14ClN3O/c15-13-7-17-5-3-14(13)18-8-11(9-18)10-19-12-2-1-4-16-6-12/h1-7,11H,8-10H2. The highest BCUT2D eigenvalue weighted by Crippen LogP contribution is 2.30. The molecular weight excluding hydrogens is 262 g/mol. The first kappa shape index (κ1) is 12.2. The summed E-state index contributed by atoms with van der Waals surface area (Å²) in [6.07, 6.45) is 6.91. The summed E-state index contributed by atoms with van der Waals surface area (Å²) in [5.41, 5.74) is 1.05. The van der Waals surface area contributed by atoms with Crippen molar-refractivity contribution in [3.8, 4) is 5.75 Å². The largest absolute Gasteiger partial charge is 0.492 e. The molecule has 1 fully saturated rings. The Morgan fingerprint density at radius 1 is 1.21 bits per heavy atom. The smallest absolute Gasteiger partial charge is 0.137 e. The predicted octanol–water partition coefficient (Wildman–Crippen LogP) is 2.65. The summed E-state index contributed by atoms with van der Waals surface area (Å²) in [6.45, 7) is 2.64. The summed E-state index contributed by atoms with van der Waals surface area (Å²) in [7, 11) is 0. The fraction of sp³-hybridized carbons (Fsp3) is 0.286. The van der Waals surface area contributed by atoms with E-state index < -0.39 is 0 Å². The SMILES string of the molecule is Clc1cnccc1N1CC(COc2cccnc2)C1. The molecule has 1 aliphatic rings. The third kappa shape index (κ3) is 2.79.